The van der Waals surface area contributed by atoms with Crippen LogP contribution in [0.15, 0.2) is 54.6 Å². The molecule has 0 saturated carbocycles. The smallest absolute Gasteiger partial charge is 0.253 e. The number of nitrogens with one attached hydrogen (secondary N) is 1. The number of carbonyl (C=O) groups is 1. The van der Waals surface area contributed by atoms with E-state index >= 15 is 0 Å². The predicted molar refractivity (Wildman–Crippen MR) is 94.8 cm³/mol. The summed E-state index contributed by atoms with van der Waals surface area (Å²) in [5.74, 6) is -0.361. The molecule has 0 bridgehead atoms. The highest BCUT2D eigenvalue weighted by atomic mass is 35.5. The molecule has 0 aliphatic carbocycles. The van der Waals surface area contributed by atoms with E-state index in [0.717, 1.165) is 18.5 Å². The highest BCUT2D eigenvalue weighted by Crippen LogP contribution is 2.32. The van der Waals surface area contributed by atoms with E-state index in [-0.39, 0.29) is 18.0 Å². The molecule has 3 unspecified atom stereocenters. The first-order valence-corrected chi connectivity index (χ1v) is 8.43. The molecule has 24 heavy (non-hydrogen) atoms. The van der Waals surface area contributed by atoms with E-state index in [0.29, 0.717) is 10.6 Å². The summed E-state index contributed by atoms with van der Waals surface area (Å²) in [7, 11) is 2.04. The Hall–Kier alpha value is -1.88. The van der Waals surface area contributed by atoms with Crippen molar-refractivity contribution in [2.45, 2.75) is 24.6 Å². The van der Waals surface area contributed by atoms with E-state index in [9.17, 15) is 9.90 Å². The summed E-state index contributed by atoms with van der Waals surface area (Å²) in [5.41, 5.74) is 1.71. The Bertz CT molecular complexity index is 690. The zero-order valence-corrected chi connectivity index (χ0v) is 14.3. The molecule has 1 heterocycles. The Labute approximate surface area is 147 Å². The molecule has 1 amide bonds. The van der Waals surface area contributed by atoms with Crippen molar-refractivity contribution >= 4 is 17.5 Å². The van der Waals surface area contributed by atoms with Crippen molar-refractivity contribution < 1.29 is 9.90 Å². The van der Waals surface area contributed by atoms with Crippen molar-refractivity contribution in [3.8, 4) is 0 Å². The van der Waals surface area contributed by atoms with E-state index in [4.69, 9.17) is 11.6 Å². The van der Waals surface area contributed by atoms with Gasteiger partial charge in [0, 0.05) is 17.6 Å². The Morgan fingerprint density at radius 1 is 1.21 bits per heavy atom. The third kappa shape index (κ3) is 3.61. The van der Waals surface area contributed by atoms with Crippen molar-refractivity contribution in [3.05, 3.63) is 70.7 Å². The summed E-state index contributed by atoms with van der Waals surface area (Å²) in [6.07, 6.45) is -0.306. The highest BCUT2D eigenvalue weighted by Gasteiger charge is 2.35. The second-order valence-electron chi connectivity index (χ2n) is 6.19. The summed E-state index contributed by atoms with van der Waals surface area (Å²) in [5, 5.41) is 14.0. The topological polar surface area (TPSA) is 52.6 Å². The molecule has 126 valence electrons. The maximum atomic E-state index is 12.4. The molecule has 2 aromatic carbocycles. The summed E-state index contributed by atoms with van der Waals surface area (Å²) in [6.45, 7) is 0.889. The summed E-state index contributed by atoms with van der Waals surface area (Å²) < 4.78 is 0. The van der Waals surface area contributed by atoms with Crippen LogP contribution in [-0.2, 0) is 4.79 Å². The lowest BCUT2D eigenvalue weighted by molar-refractivity contribution is -0.130. The zero-order chi connectivity index (χ0) is 17.1. The maximum absolute atomic E-state index is 12.4. The Balaban J connectivity index is 1.73. The van der Waals surface area contributed by atoms with Crippen LogP contribution in [0.4, 0.5) is 0 Å². The van der Waals surface area contributed by atoms with Crippen LogP contribution in [0.2, 0.25) is 5.02 Å². The molecular formula is C19H21ClN2O2. The number of hydrogen-bond donors (Lipinski definition) is 2. The molecule has 2 aromatic rings. The summed E-state index contributed by atoms with van der Waals surface area (Å²) in [4.78, 5) is 14.6. The van der Waals surface area contributed by atoms with Gasteiger partial charge in [-0.3, -0.25) is 9.69 Å². The summed E-state index contributed by atoms with van der Waals surface area (Å²) >= 11 is 5.97. The van der Waals surface area contributed by atoms with Crippen LogP contribution >= 0.6 is 11.6 Å². The van der Waals surface area contributed by atoms with Gasteiger partial charge in [-0.05, 0) is 36.7 Å². The normalized spacial score (nSPS) is 22.3. The largest absolute Gasteiger partial charge is 0.378 e. The van der Waals surface area contributed by atoms with Gasteiger partial charge in [-0.15, -0.1) is 0 Å². The van der Waals surface area contributed by atoms with Gasteiger partial charge in [0.15, 0.2) is 6.10 Å². The van der Waals surface area contributed by atoms with Crippen molar-refractivity contribution in [2.75, 3.05) is 13.6 Å². The molecule has 1 aliphatic heterocycles. The average molecular weight is 345 g/mol. The lowest BCUT2D eigenvalue weighted by Crippen LogP contribution is -2.41. The first kappa shape index (κ1) is 17.0. The second-order valence-corrected chi connectivity index (χ2v) is 6.63. The Kier molecular flexibility index (Phi) is 5.19. The minimum atomic E-state index is -1.15. The van der Waals surface area contributed by atoms with Gasteiger partial charge in [0.1, 0.15) is 0 Å². The first-order valence-electron chi connectivity index (χ1n) is 8.05. The number of nitrogens with zero attached hydrogens (tertiary/aromatic N) is 1. The fraction of sp³-hybridized carbons (Fsp3) is 0.316. The fourth-order valence-electron chi connectivity index (χ4n) is 3.29. The monoisotopic (exact) mass is 344 g/mol. The van der Waals surface area contributed by atoms with E-state index in [1.807, 2.05) is 49.5 Å². The molecule has 0 radical (unpaired) electrons. The van der Waals surface area contributed by atoms with Crippen LogP contribution in [0.5, 0.6) is 0 Å². The fourth-order valence-corrected chi connectivity index (χ4v) is 3.42. The van der Waals surface area contributed by atoms with Gasteiger partial charge in [0.2, 0.25) is 0 Å². The van der Waals surface area contributed by atoms with Crippen LogP contribution in [-0.4, -0.2) is 35.5 Å². The van der Waals surface area contributed by atoms with E-state index in [1.165, 1.54) is 0 Å². The molecule has 1 saturated heterocycles. The number of likely N-dealkylation sites (N-methyl/N-ethyl adjacent to an activating group) is 1. The highest BCUT2D eigenvalue weighted by molar-refractivity contribution is 6.30. The van der Waals surface area contributed by atoms with Gasteiger partial charge >= 0.3 is 0 Å². The molecule has 5 heteroatoms. The number of amides is 1. The zero-order valence-electron chi connectivity index (χ0n) is 13.5. The van der Waals surface area contributed by atoms with E-state index in [1.54, 1.807) is 12.1 Å². The number of benzene rings is 2. The molecule has 0 aromatic heterocycles. The quantitative estimate of drug-likeness (QED) is 0.896. The van der Waals surface area contributed by atoms with Gasteiger partial charge in [-0.25, -0.2) is 0 Å². The molecule has 3 atom stereocenters. The first-order chi connectivity index (χ1) is 11.6. The second kappa shape index (κ2) is 7.34. The third-order valence-electron chi connectivity index (χ3n) is 4.55. The van der Waals surface area contributed by atoms with Crippen LogP contribution < -0.4 is 5.32 Å². The number of aliphatic hydroxyl groups excluding tert-OH is 1. The molecule has 3 rings (SSSR count). The Morgan fingerprint density at radius 3 is 2.54 bits per heavy atom. The standard InChI is InChI=1S/C19H21ClN2O2/c1-22-12-11-16(17(22)13-7-9-15(20)10-8-13)21-19(24)18(23)14-5-3-2-4-6-14/h2-10,16-18,23H,11-12H2,1H3,(H,21,24). The predicted octanol–water partition coefficient (Wildman–Crippen LogP) is 2.94. The van der Waals surface area contributed by atoms with E-state index in [2.05, 4.69) is 10.2 Å². The van der Waals surface area contributed by atoms with Crippen molar-refractivity contribution in [1.29, 1.82) is 0 Å². The molecule has 1 aliphatic rings. The maximum Gasteiger partial charge on any atom is 0.253 e. The van der Waals surface area contributed by atoms with Gasteiger partial charge < -0.3 is 10.4 Å². The lowest BCUT2D eigenvalue weighted by Gasteiger charge is -2.27. The minimum Gasteiger partial charge on any atom is -0.378 e. The number of likely N-dealkylation sites (tertiary alicyclic amines) is 1. The number of rotatable bonds is 4. The van der Waals surface area contributed by atoms with Crippen molar-refractivity contribution in [3.63, 3.8) is 0 Å². The SMILES string of the molecule is CN1CCC(NC(=O)C(O)c2ccccc2)C1c1ccc(Cl)cc1. The van der Waals surface area contributed by atoms with Gasteiger partial charge in [0.25, 0.3) is 5.91 Å². The van der Waals surface area contributed by atoms with Crippen molar-refractivity contribution in [2.24, 2.45) is 0 Å². The Morgan fingerprint density at radius 2 is 1.88 bits per heavy atom. The summed E-state index contributed by atoms with van der Waals surface area (Å²) in [6, 6.07) is 16.7. The van der Waals surface area contributed by atoms with E-state index < -0.39 is 6.10 Å². The number of carbonyl (C=O) groups excluding carboxylic acids is 1. The van der Waals surface area contributed by atoms with Gasteiger partial charge in [0.05, 0.1) is 6.04 Å². The third-order valence-corrected chi connectivity index (χ3v) is 4.80. The lowest BCUT2D eigenvalue weighted by atomic mass is 9.99. The molecule has 2 N–H and O–H groups in total. The molecule has 0 spiro atoms. The van der Waals surface area contributed by atoms with Crippen molar-refractivity contribution in [1.82, 2.24) is 10.2 Å². The number of aliphatic hydroxyl groups is 1. The minimum absolute atomic E-state index is 0.0398. The molecule has 4 nitrogen and oxygen atoms in total. The number of halogens is 1. The molecule has 1 fully saturated rings. The van der Waals surface area contributed by atoms with Crippen LogP contribution in [0, 0.1) is 0 Å². The van der Waals surface area contributed by atoms with Crippen LogP contribution in [0.3, 0.4) is 0 Å². The van der Waals surface area contributed by atoms with Gasteiger partial charge in [-0.2, -0.15) is 0 Å². The number of hydrogen-bond acceptors (Lipinski definition) is 3. The average Bonchev–Trinajstić information content (AvgIpc) is 2.96. The van der Waals surface area contributed by atoms with Crippen LogP contribution in [0.1, 0.15) is 29.7 Å². The van der Waals surface area contributed by atoms with Gasteiger partial charge in [-0.1, -0.05) is 54.1 Å². The molecular weight excluding hydrogens is 324 g/mol. The van der Waals surface area contributed by atoms with Crippen LogP contribution in [0.25, 0.3) is 0 Å².